The summed E-state index contributed by atoms with van der Waals surface area (Å²) in [4.78, 5) is 13.1. The molecule has 1 aromatic carbocycles. The molecule has 4 nitrogen and oxygen atoms in total. The topological polar surface area (TPSA) is 52.6 Å². The lowest BCUT2D eigenvalue weighted by Gasteiger charge is -2.25. The zero-order valence-electron chi connectivity index (χ0n) is 13.5. The minimum Gasteiger partial charge on any atom is -0.480 e. The van der Waals surface area contributed by atoms with Crippen molar-refractivity contribution >= 4 is 18.4 Å². The molecule has 124 valence electrons. The van der Waals surface area contributed by atoms with Crippen LogP contribution in [0.4, 0.5) is 0 Å². The number of aryl methyl sites for hydroxylation is 2. The predicted octanol–water partition coefficient (Wildman–Crippen LogP) is 2.49. The number of hydrogen-bond donors (Lipinski definition) is 2. The fourth-order valence-corrected chi connectivity index (χ4v) is 3.06. The summed E-state index contributed by atoms with van der Waals surface area (Å²) in [5.41, 5.74) is 2.75. The molecule has 1 aromatic rings. The van der Waals surface area contributed by atoms with E-state index in [4.69, 9.17) is 5.11 Å². The third-order valence-corrected chi connectivity index (χ3v) is 4.40. The molecule has 1 aliphatic rings. The Balaban J connectivity index is 0.00000242. The summed E-state index contributed by atoms with van der Waals surface area (Å²) in [6.45, 7) is 7.41. The maximum Gasteiger partial charge on any atom is 0.317 e. The smallest absolute Gasteiger partial charge is 0.317 e. The first-order valence-electron chi connectivity index (χ1n) is 7.72. The lowest BCUT2D eigenvalue weighted by molar-refractivity contribution is -0.136. The van der Waals surface area contributed by atoms with Gasteiger partial charge in [-0.2, -0.15) is 0 Å². The Morgan fingerprint density at radius 3 is 2.82 bits per heavy atom. The first-order valence-corrected chi connectivity index (χ1v) is 7.72. The Kier molecular flexibility index (Phi) is 7.33. The van der Waals surface area contributed by atoms with Crippen LogP contribution in [0.25, 0.3) is 0 Å². The second-order valence-corrected chi connectivity index (χ2v) is 6.36. The molecule has 0 bridgehead atoms. The van der Waals surface area contributed by atoms with Crippen molar-refractivity contribution in [3.8, 4) is 0 Å². The molecule has 5 heteroatoms. The van der Waals surface area contributed by atoms with Crippen LogP contribution in [-0.2, 0) is 11.2 Å². The van der Waals surface area contributed by atoms with E-state index in [1.54, 1.807) is 0 Å². The van der Waals surface area contributed by atoms with Crippen LogP contribution in [0.3, 0.4) is 0 Å². The van der Waals surface area contributed by atoms with E-state index in [2.05, 4.69) is 48.3 Å². The molecular formula is C17H27ClN2O2. The third-order valence-electron chi connectivity index (χ3n) is 4.40. The number of hydrogen-bond acceptors (Lipinski definition) is 3. The van der Waals surface area contributed by atoms with Gasteiger partial charge in [0.05, 0.1) is 6.54 Å². The summed E-state index contributed by atoms with van der Waals surface area (Å²) in [5, 5.41) is 11.9. The van der Waals surface area contributed by atoms with E-state index >= 15 is 0 Å². The van der Waals surface area contributed by atoms with Crippen LogP contribution in [0.5, 0.6) is 0 Å². The van der Waals surface area contributed by atoms with Crippen molar-refractivity contribution in [2.45, 2.75) is 38.6 Å². The molecule has 1 aliphatic heterocycles. The summed E-state index contributed by atoms with van der Waals surface area (Å²) in [7, 11) is 0. The zero-order chi connectivity index (χ0) is 15.3. The molecular weight excluding hydrogens is 300 g/mol. The highest BCUT2D eigenvalue weighted by Gasteiger charge is 2.33. The summed E-state index contributed by atoms with van der Waals surface area (Å²) < 4.78 is 0. The van der Waals surface area contributed by atoms with Gasteiger partial charge in [0.15, 0.2) is 0 Å². The van der Waals surface area contributed by atoms with E-state index in [1.807, 2.05) is 0 Å². The largest absolute Gasteiger partial charge is 0.480 e. The molecule has 1 fully saturated rings. The van der Waals surface area contributed by atoms with Crippen LogP contribution in [0.1, 0.15) is 30.9 Å². The monoisotopic (exact) mass is 326 g/mol. The fourth-order valence-electron chi connectivity index (χ4n) is 3.06. The average Bonchev–Trinajstić information content (AvgIpc) is 2.81. The van der Waals surface area contributed by atoms with Crippen molar-refractivity contribution in [2.24, 2.45) is 0 Å². The van der Waals surface area contributed by atoms with Gasteiger partial charge in [0, 0.05) is 18.6 Å². The first-order chi connectivity index (χ1) is 9.98. The van der Waals surface area contributed by atoms with Crippen LogP contribution in [0.2, 0.25) is 0 Å². The van der Waals surface area contributed by atoms with Crippen molar-refractivity contribution < 1.29 is 9.90 Å². The molecule has 0 radical (unpaired) electrons. The number of benzene rings is 1. The van der Waals surface area contributed by atoms with E-state index in [0.29, 0.717) is 0 Å². The minimum absolute atomic E-state index is 0. The maximum atomic E-state index is 10.7. The van der Waals surface area contributed by atoms with Crippen LogP contribution < -0.4 is 5.32 Å². The minimum atomic E-state index is -0.783. The van der Waals surface area contributed by atoms with E-state index in [0.717, 1.165) is 38.9 Å². The van der Waals surface area contributed by atoms with Gasteiger partial charge in [0.2, 0.25) is 0 Å². The molecule has 0 aromatic heterocycles. The molecule has 0 aliphatic carbocycles. The summed E-state index contributed by atoms with van der Waals surface area (Å²) in [5.74, 6) is -0.783. The summed E-state index contributed by atoms with van der Waals surface area (Å²) >= 11 is 0. The Hall–Kier alpha value is -1.10. The van der Waals surface area contributed by atoms with E-state index in [-0.39, 0.29) is 24.5 Å². The van der Waals surface area contributed by atoms with Gasteiger partial charge in [-0.05, 0) is 50.8 Å². The Bertz CT molecular complexity index is 495. The molecule has 0 spiro atoms. The normalized spacial score (nSPS) is 21.5. The van der Waals surface area contributed by atoms with Gasteiger partial charge < -0.3 is 15.3 Å². The number of carboxylic acids is 1. The Morgan fingerprint density at radius 1 is 1.41 bits per heavy atom. The number of halogens is 1. The highest BCUT2D eigenvalue weighted by Crippen LogP contribution is 2.21. The van der Waals surface area contributed by atoms with Crippen LogP contribution in [0, 0.1) is 6.92 Å². The SMILES string of the molecule is Cc1ccccc1CCCN1CCC(C)(NCC(=O)O)C1.Cl. The quantitative estimate of drug-likeness (QED) is 0.808. The lowest BCUT2D eigenvalue weighted by Crippen LogP contribution is -2.47. The summed E-state index contributed by atoms with van der Waals surface area (Å²) in [6, 6.07) is 8.56. The number of rotatable bonds is 7. The number of carbonyl (C=O) groups is 1. The van der Waals surface area contributed by atoms with Crippen molar-refractivity contribution in [2.75, 3.05) is 26.2 Å². The first kappa shape index (κ1) is 18.9. The average molecular weight is 327 g/mol. The van der Waals surface area contributed by atoms with Crippen LogP contribution in [-0.4, -0.2) is 47.7 Å². The highest BCUT2D eigenvalue weighted by molar-refractivity contribution is 5.85. The lowest BCUT2D eigenvalue weighted by atomic mass is 10.0. The van der Waals surface area contributed by atoms with E-state index < -0.39 is 5.97 Å². The second kappa shape index (κ2) is 8.51. The number of likely N-dealkylation sites (tertiary alicyclic amines) is 1. The van der Waals surface area contributed by atoms with Crippen molar-refractivity contribution in [1.29, 1.82) is 0 Å². The molecule has 2 N–H and O–H groups in total. The maximum absolute atomic E-state index is 10.7. The molecule has 1 atom stereocenters. The molecule has 0 amide bonds. The zero-order valence-corrected chi connectivity index (χ0v) is 14.3. The number of nitrogens with one attached hydrogen (secondary N) is 1. The highest BCUT2D eigenvalue weighted by atomic mass is 35.5. The third kappa shape index (κ3) is 5.59. The van der Waals surface area contributed by atoms with Gasteiger partial charge in [-0.3, -0.25) is 4.79 Å². The van der Waals surface area contributed by atoms with Crippen molar-refractivity contribution in [3.05, 3.63) is 35.4 Å². The Morgan fingerprint density at radius 2 is 2.14 bits per heavy atom. The van der Waals surface area contributed by atoms with Gasteiger partial charge in [0.25, 0.3) is 0 Å². The van der Waals surface area contributed by atoms with Crippen LogP contribution in [0.15, 0.2) is 24.3 Å². The van der Waals surface area contributed by atoms with Gasteiger partial charge in [0.1, 0.15) is 0 Å². The van der Waals surface area contributed by atoms with Gasteiger partial charge >= 0.3 is 5.97 Å². The number of nitrogens with zero attached hydrogens (tertiary/aromatic N) is 1. The molecule has 2 rings (SSSR count). The number of carboxylic acid groups (broad SMARTS) is 1. The van der Waals surface area contributed by atoms with E-state index in [9.17, 15) is 4.79 Å². The van der Waals surface area contributed by atoms with Crippen LogP contribution >= 0.6 is 12.4 Å². The standard InChI is InChI=1S/C17H26N2O2.ClH/c1-14-6-3-4-7-15(14)8-5-10-19-11-9-17(2,13-19)18-12-16(20)21;/h3-4,6-7,18H,5,8-13H2,1-2H3,(H,20,21);1H. The van der Waals surface area contributed by atoms with Gasteiger partial charge in [-0.15, -0.1) is 12.4 Å². The second-order valence-electron chi connectivity index (χ2n) is 6.36. The predicted molar refractivity (Wildman–Crippen MR) is 91.8 cm³/mol. The van der Waals surface area contributed by atoms with Crippen molar-refractivity contribution in [3.63, 3.8) is 0 Å². The Labute approximate surface area is 139 Å². The van der Waals surface area contributed by atoms with Gasteiger partial charge in [-0.1, -0.05) is 24.3 Å². The fraction of sp³-hybridized carbons (Fsp3) is 0.588. The molecule has 1 heterocycles. The van der Waals surface area contributed by atoms with E-state index in [1.165, 1.54) is 11.1 Å². The van der Waals surface area contributed by atoms with Crippen molar-refractivity contribution in [1.82, 2.24) is 10.2 Å². The molecule has 1 saturated heterocycles. The number of aliphatic carboxylic acids is 1. The summed E-state index contributed by atoms with van der Waals surface area (Å²) in [6.07, 6.45) is 3.28. The van der Waals surface area contributed by atoms with Gasteiger partial charge in [-0.25, -0.2) is 0 Å². The molecule has 1 unspecified atom stereocenters. The molecule has 0 saturated carbocycles. The molecule has 22 heavy (non-hydrogen) atoms.